The molecule has 1 rings (SSSR count). The van der Waals surface area contributed by atoms with E-state index in [1.54, 1.807) is 0 Å². The van der Waals surface area contributed by atoms with E-state index in [4.69, 9.17) is 5.11 Å². The van der Waals surface area contributed by atoms with Crippen LogP contribution in [0, 0.1) is 0 Å². The smallest absolute Gasteiger partial charge is 0.303 e. The Balaban J connectivity index is 2.30. The van der Waals surface area contributed by atoms with Gasteiger partial charge in [0, 0.05) is 31.1 Å². The predicted octanol–water partition coefficient (Wildman–Crippen LogP) is 0.840. The summed E-state index contributed by atoms with van der Waals surface area (Å²) in [7, 11) is 0. The summed E-state index contributed by atoms with van der Waals surface area (Å²) >= 11 is 0. The van der Waals surface area contributed by atoms with Crippen molar-refractivity contribution in [3.05, 3.63) is 0 Å². The van der Waals surface area contributed by atoms with Gasteiger partial charge in [0.05, 0.1) is 6.42 Å². The van der Waals surface area contributed by atoms with Crippen molar-refractivity contribution in [2.24, 2.45) is 0 Å². The Bertz CT molecular complexity index is 297. The molecule has 1 fully saturated rings. The zero-order chi connectivity index (χ0) is 13.1. The Kier molecular flexibility index (Phi) is 4.51. The summed E-state index contributed by atoms with van der Waals surface area (Å²) in [5, 5.41) is 11.4. The van der Waals surface area contributed by atoms with Gasteiger partial charge < -0.3 is 10.4 Å². The molecule has 0 aromatic rings. The number of nitrogens with zero attached hydrogens (tertiary/aromatic N) is 1. The fourth-order valence-electron chi connectivity index (χ4n) is 2.01. The van der Waals surface area contributed by atoms with Crippen molar-refractivity contribution in [1.29, 1.82) is 0 Å². The van der Waals surface area contributed by atoms with Crippen LogP contribution in [0.15, 0.2) is 0 Å². The number of carboxylic acid groups (broad SMARTS) is 1. The first-order chi connectivity index (χ1) is 7.79. The maximum atomic E-state index is 11.5. The van der Waals surface area contributed by atoms with E-state index in [1.165, 1.54) is 0 Å². The maximum Gasteiger partial charge on any atom is 0.303 e. The molecule has 0 spiro atoms. The van der Waals surface area contributed by atoms with Crippen LogP contribution in [0.25, 0.3) is 0 Å². The molecule has 0 radical (unpaired) electrons. The highest BCUT2D eigenvalue weighted by molar-refractivity contribution is 5.80. The van der Waals surface area contributed by atoms with Gasteiger partial charge in [0.1, 0.15) is 0 Å². The lowest BCUT2D eigenvalue weighted by Gasteiger charge is -2.31. The van der Waals surface area contributed by atoms with E-state index in [1.807, 2.05) is 0 Å². The lowest BCUT2D eigenvalue weighted by Crippen LogP contribution is -2.43. The first-order valence-electron chi connectivity index (χ1n) is 6.05. The number of aliphatic carboxylic acids is 1. The van der Waals surface area contributed by atoms with Crippen molar-refractivity contribution in [3.63, 3.8) is 0 Å². The Labute approximate surface area is 102 Å². The van der Waals surface area contributed by atoms with E-state index in [2.05, 4.69) is 31.0 Å². The lowest BCUT2D eigenvalue weighted by atomic mass is 10.1. The highest BCUT2D eigenvalue weighted by atomic mass is 16.4. The second-order valence-corrected chi connectivity index (χ2v) is 5.56. The molecule has 1 amide bonds. The predicted molar refractivity (Wildman–Crippen MR) is 64.7 cm³/mol. The number of rotatable bonds is 4. The van der Waals surface area contributed by atoms with Crippen LogP contribution in [0.5, 0.6) is 0 Å². The second kappa shape index (κ2) is 5.49. The fraction of sp³-hybridized carbons (Fsp3) is 0.833. The van der Waals surface area contributed by atoms with Gasteiger partial charge in [-0.05, 0) is 27.2 Å². The van der Waals surface area contributed by atoms with Crippen LogP contribution in [0.3, 0.4) is 0 Å². The van der Waals surface area contributed by atoms with Gasteiger partial charge in [-0.1, -0.05) is 0 Å². The molecule has 1 saturated heterocycles. The van der Waals surface area contributed by atoms with Gasteiger partial charge in [-0.25, -0.2) is 0 Å². The average molecular weight is 242 g/mol. The molecule has 1 atom stereocenters. The van der Waals surface area contributed by atoms with Gasteiger partial charge in [0.2, 0.25) is 5.91 Å². The highest BCUT2D eigenvalue weighted by Gasteiger charge is 2.30. The molecule has 0 aromatic carbocycles. The number of carboxylic acids is 1. The number of amides is 1. The maximum absolute atomic E-state index is 11.5. The Morgan fingerprint density at radius 2 is 2.00 bits per heavy atom. The van der Waals surface area contributed by atoms with E-state index in [0.717, 1.165) is 19.5 Å². The van der Waals surface area contributed by atoms with E-state index >= 15 is 0 Å². The molecule has 1 aliphatic rings. The van der Waals surface area contributed by atoms with E-state index < -0.39 is 5.97 Å². The van der Waals surface area contributed by atoms with Crippen LogP contribution in [0.2, 0.25) is 0 Å². The molecule has 98 valence electrons. The third-order valence-corrected chi connectivity index (χ3v) is 3.07. The van der Waals surface area contributed by atoms with Crippen LogP contribution in [0.1, 0.15) is 40.0 Å². The standard InChI is InChI=1S/C12H22N2O3/c1-12(2,3)14-7-6-9(8-14)13-10(15)4-5-11(16)17/h9H,4-8H2,1-3H3,(H,13,15)(H,16,17). The summed E-state index contributed by atoms with van der Waals surface area (Å²) in [6.07, 6.45) is 0.916. The largest absolute Gasteiger partial charge is 0.481 e. The normalized spacial score (nSPS) is 21.5. The van der Waals surface area contributed by atoms with Gasteiger partial charge in [-0.15, -0.1) is 0 Å². The number of nitrogens with one attached hydrogen (secondary N) is 1. The topological polar surface area (TPSA) is 69.6 Å². The van der Waals surface area contributed by atoms with Gasteiger partial charge in [0.15, 0.2) is 0 Å². The SMILES string of the molecule is CC(C)(C)N1CCC(NC(=O)CCC(=O)O)C1. The fourth-order valence-corrected chi connectivity index (χ4v) is 2.01. The van der Waals surface area contributed by atoms with E-state index in [-0.39, 0.29) is 30.3 Å². The van der Waals surface area contributed by atoms with E-state index in [0.29, 0.717) is 0 Å². The molecular weight excluding hydrogens is 220 g/mol. The minimum absolute atomic E-state index is 0.0708. The van der Waals surface area contributed by atoms with Crippen molar-refractivity contribution in [2.75, 3.05) is 13.1 Å². The van der Waals surface area contributed by atoms with Crippen LogP contribution < -0.4 is 5.32 Å². The molecule has 0 aliphatic carbocycles. The Morgan fingerprint density at radius 3 is 2.47 bits per heavy atom. The zero-order valence-corrected chi connectivity index (χ0v) is 10.8. The minimum Gasteiger partial charge on any atom is -0.481 e. The van der Waals surface area contributed by atoms with Crippen molar-refractivity contribution < 1.29 is 14.7 Å². The number of hydrogen-bond acceptors (Lipinski definition) is 3. The molecular formula is C12H22N2O3. The second-order valence-electron chi connectivity index (χ2n) is 5.56. The number of carbonyl (C=O) groups is 2. The molecule has 17 heavy (non-hydrogen) atoms. The molecule has 0 saturated carbocycles. The highest BCUT2D eigenvalue weighted by Crippen LogP contribution is 2.20. The molecule has 5 nitrogen and oxygen atoms in total. The molecule has 2 N–H and O–H groups in total. The summed E-state index contributed by atoms with van der Waals surface area (Å²) in [5.74, 6) is -1.09. The Morgan fingerprint density at radius 1 is 1.35 bits per heavy atom. The van der Waals surface area contributed by atoms with Gasteiger partial charge >= 0.3 is 5.97 Å². The zero-order valence-electron chi connectivity index (χ0n) is 10.8. The van der Waals surface area contributed by atoms with Crippen LogP contribution >= 0.6 is 0 Å². The monoisotopic (exact) mass is 242 g/mol. The summed E-state index contributed by atoms with van der Waals surface area (Å²) in [6.45, 7) is 8.29. The average Bonchev–Trinajstić information content (AvgIpc) is 2.62. The van der Waals surface area contributed by atoms with Crippen molar-refractivity contribution in [3.8, 4) is 0 Å². The summed E-state index contributed by atoms with van der Waals surface area (Å²) in [5.41, 5.74) is 0.126. The van der Waals surface area contributed by atoms with Crippen LogP contribution in [-0.4, -0.2) is 46.6 Å². The van der Waals surface area contributed by atoms with E-state index in [9.17, 15) is 9.59 Å². The molecule has 5 heteroatoms. The first kappa shape index (κ1) is 14.0. The summed E-state index contributed by atoms with van der Waals surface area (Å²) in [6, 6.07) is 0.163. The van der Waals surface area contributed by atoms with Gasteiger partial charge in [0.25, 0.3) is 0 Å². The quantitative estimate of drug-likeness (QED) is 0.766. The molecule has 1 unspecified atom stereocenters. The molecule has 0 aromatic heterocycles. The molecule has 1 heterocycles. The molecule has 1 aliphatic heterocycles. The number of likely N-dealkylation sites (tertiary alicyclic amines) is 1. The van der Waals surface area contributed by atoms with Gasteiger partial charge in [-0.2, -0.15) is 0 Å². The van der Waals surface area contributed by atoms with Gasteiger partial charge in [-0.3, -0.25) is 14.5 Å². The van der Waals surface area contributed by atoms with Crippen LogP contribution in [-0.2, 0) is 9.59 Å². The summed E-state index contributed by atoms with van der Waals surface area (Å²) in [4.78, 5) is 24.1. The van der Waals surface area contributed by atoms with Crippen LogP contribution in [0.4, 0.5) is 0 Å². The summed E-state index contributed by atoms with van der Waals surface area (Å²) < 4.78 is 0. The Hall–Kier alpha value is -1.10. The van der Waals surface area contributed by atoms with Crippen molar-refractivity contribution in [2.45, 2.75) is 51.6 Å². The number of hydrogen-bond donors (Lipinski definition) is 2. The third-order valence-electron chi connectivity index (χ3n) is 3.07. The number of carbonyl (C=O) groups excluding carboxylic acids is 1. The first-order valence-corrected chi connectivity index (χ1v) is 6.05. The lowest BCUT2D eigenvalue weighted by molar-refractivity contribution is -0.138. The minimum atomic E-state index is -0.928. The van der Waals surface area contributed by atoms with Crippen molar-refractivity contribution in [1.82, 2.24) is 10.2 Å². The third kappa shape index (κ3) is 4.73. The molecule has 0 bridgehead atoms. The van der Waals surface area contributed by atoms with Crippen molar-refractivity contribution >= 4 is 11.9 Å².